The predicted molar refractivity (Wildman–Crippen MR) is 89.6 cm³/mol. The van der Waals surface area contributed by atoms with Gasteiger partial charge in [-0.15, -0.1) is 11.6 Å². The molecule has 0 aliphatic carbocycles. The second-order valence-electron chi connectivity index (χ2n) is 5.69. The first-order valence-corrected chi connectivity index (χ1v) is 7.85. The highest BCUT2D eigenvalue weighted by molar-refractivity contribution is 6.31. The third kappa shape index (κ3) is 2.39. The van der Waals surface area contributed by atoms with Crippen LogP contribution in [0, 0.1) is 0 Å². The number of alkyl halides is 1. The van der Waals surface area contributed by atoms with E-state index in [1.54, 1.807) is 25.2 Å². The van der Waals surface area contributed by atoms with Crippen molar-refractivity contribution in [1.29, 1.82) is 0 Å². The molecule has 3 rings (SSSR count). The molecule has 0 saturated heterocycles. The first kappa shape index (κ1) is 15.6. The Morgan fingerprint density at radius 1 is 1.35 bits per heavy atom. The molecule has 0 atom stereocenters. The summed E-state index contributed by atoms with van der Waals surface area (Å²) >= 11 is 5.82. The lowest BCUT2D eigenvalue weighted by molar-refractivity contribution is -0.115. The fraction of sp³-hybridized carbons (Fsp3) is 0.312. The van der Waals surface area contributed by atoms with Gasteiger partial charge >= 0.3 is 0 Å². The second kappa shape index (κ2) is 5.70. The zero-order chi connectivity index (χ0) is 16.7. The normalized spacial score (nSPS) is 13.4. The highest BCUT2D eigenvalue weighted by Gasteiger charge is 2.35. The maximum atomic E-state index is 12.6. The Morgan fingerprint density at radius 3 is 2.70 bits per heavy atom. The summed E-state index contributed by atoms with van der Waals surface area (Å²) in [5.41, 5.74) is 2.72. The number of nitrogens with one attached hydrogen (secondary N) is 1. The summed E-state index contributed by atoms with van der Waals surface area (Å²) < 4.78 is 1.51. The quantitative estimate of drug-likeness (QED) is 0.860. The first-order valence-electron chi connectivity index (χ1n) is 7.32. The van der Waals surface area contributed by atoms with Gasteiger partial charge in [-0.2, -0.15) is 5.10 Å². The fourth-order valence-electron chi connectivity index (χ4n) is 2.79. The molecule has 1 aromatic carbocycles. The Kier molecular flexibility index (Phi) is 3.85. The number of amides is 2. The van der Waals surface area contributed by atoms with Gasteiger partial charge in [0.2, 0.25) is 5.91 Å². The third-order valence-electron chi connectivity index (χ3n) is 3.79. The van der Waals surface area contributed by atoms with E-state index in [2.05, 4.69) is 10.4 Å². The highest BCUT2D eigenvalue weighted by atomic mass is 35.5. The molecule has 23 heavy (non-hydrogen) atoms. The average molecular weight is 333 g/mol. The Bertz CT molecular complexity index is 797. The summed E-state index contributed by atoms with van der Waals surface area (Å²) in [5, 5.41) is 7.29. The summed E-state index contributed by atoms with van der Waals surface area (Å²) in [4.78, 5) is 26.7. The SMILES string of the molecule is CC(C)c1nn(C)c2c1N(C(=O)CCl)c1ccccc1NC2=O. The lowest BCUT2D eigenvalue weighted by Crippen LogP contribution is -2.28. The molecular formula is C16H17ClN4O2. The van der Waals surface area contributed by atoms with E-state index in [1.807, 2.05) is 19.9 Å². The number of carbonyl (C=O) groups is 2. The number of aromatic nitrogens is 2. The van der Waals surface area contributed by atoms with Gasteiger partial charge in [0.15, 0.2) is 5.69 Å². The molecule has 0 saturated carbocycles. The molecule has 0 spiro atoms. The minimum atomic E-state index is -0.299. The smallest absolute Gasteiger partial charge is 0.276 e. The summed E-state index contributed by atoms with van der Waals surface area (Å²) in [6, 6.07) is 7.17. The minimum absolute atomic E-state index is 0.0497. The number of para-hydroxylation sites is 2. The van der Waals surface area contributed by atoms with E-state index in [1.165, 1.54) is 9.58 Å². The Hall–Kier alpha value is -2.34. The number of halogens is 1. The Morgan fingerprint density at radius 2 is 2.04 bits per heavy atom. The number of carbonyl (C=O) groups excluding carboxylic acids is 2. The molecule has 1 N–H and O–H groups in total. The molecule has 2 amide bonds. The topological polar surface area (TPSA) is 67.2 Å². The molecule has 0 radical (unpaired) electrons. The van der Waals surface area contributed by atoms with Crippen LogP contribution in [0.15, 0.2) is 24.3 Å². The number of anilines is 3. The lowest BCUT2D eigenvalue weighted by atomic mass is 10.1. The van der Waals surface area contributed by atoms with Crippen molar-refractivity contribution in [3.05, 3.63) is 35.7 Å². The molecule has 0 bridgehead atoms. The van der Waals surface area contributed by atoms with E-state index < -0.39 is 0 Å². The van der Waals surface area contributed by atoms with Crippen molar-refractivity contribution in [3.63, 3.8) is 0 Å². The predicted octanol–water partition coefficient (Wildman–Crippen LogP) is 3.01. The van der Waals surface area contributed by atoms with Gasteiger partial charge in [0.25, 0.3) is 5.91 Å². The largest absolute Gasteiger partial charge is 0.319 e. The first-order chi connectivity index (χ1) is 11.0. The Balaban J connectivity index is 2.37. The molecule has 0 unspecified atom stereocenters. The van der Waals surface area contributed by atoms with Gasteiger partial charge in [-0.25, -0.2) is 0 Å². The molecule has 7 heteroatoms. The zero-order valence-electron chi connectivity index (χ0n) is 13.1. The summed E-state index contributed by atoms with van der Waals surface area (Å²) in [6.45, 7) is 3.95. The van der Waals surface area contributed by atoms with Crippen molar-refractivity contribution in [3.8, 4) is 0 Å². The molecule has 120 valence electrons. The van der Waals surface area contributed by atoms with Crippen LogP contribution in [0.1, 0.15) is 35.9 Å². The molecule has 2 aromatic rings. The molecular weight excluding hydrogens is 316 g/mol. The van der Waals surface area contributed by atoms with E-state index in [4.69, 9.17) is 11.6 Å². The number of benzene rings is 1. The summed E-state index contributed by atoms with van der Waals surface area (Å²) in [6.07, 6.45) is 0. The monoisotopic (exact) mass is 332 g/mol. The van der Waals surface area contributed by atoms with Gasteiger partial charge < -0.3 is 5.32 Å². The highest BCUT2D eigenvalue weighted by Crippen LogP contribution is 2.41. The van der Waals surface area contributed by atoms with Crippen LogP contribution in [0.25, 0.3) is 0 Å². The van der Waals surface area contributed by atoms with Crippen molar-refractivity contribution in [2.24, 2.45) is 7.05 Å². The van der Waals surface area contributed by atoms with Crippen LogP contribution >= 0.6 is 11.6 Å². The van der Waals surface area contributed by atoms with E-state index in [0.717, 1.165) is 0 Å². The molecule has 1 aliphatic rings. The third-order valence-corrected chi connectivity index (χ3v) is 4.02. The van der Waals surface area contributed by atoms with Crippen molar-refractivity contribution in [2.45, 2.75) is 19.8 Å². The maximum Gasteiger partial charge on any atom is 0.276 e. The number of nitrogens with zero attached hydrogens (tertiary/aromatic N) is 3. The minimum Gasteiger partial charge on any atom is -0.319 e. The second-order valence-corrected chi connectivity index (χ2v) is 5.96. The number of fused-ring (bicyclic) bond motifs is 2. The summed E-state index contributed by atoms with van der Waals surface area (Å²) in [7, 11) is 1.70. The standard InChI is InChI=1S/C16H17ClN4O2/c1-9(2)13-14-15(20(3)19-13)16(23)18-10-6-4-5-7-11(10)21(14)12(22)8-17/h4-7,9H,8H2,1-3H3,(H,18,23). The van der Waals surface area contributed by atoms with Crippen LogP contribution in [0.2, 0.25) is 0 Å². The van der Waals surface area contributed by atoms with Crippen molar-refractivity contribution in [2.75, 3.05) is 16.1 Å². The van der Waals surface area contributed by atoms with Crippen LogP contribution in [-0.2, 0) is 11.8 Å². The molecule has 2 heterocycles. The van der Waals surface area contributed by atoms with Gasteiger partial charge in [-0.1, -0.05) is 26.0 Å². The molecule has 1 aromatic heterocycles. The van der Waals surface area contributed by atoms with Crippen LogP contribution in [0.4, 0.5) is 17.1 Å². The van der Waals surface area contributed by atoms with Gasteiger partial charge in [0.1, 0.15) is 11.6 Å². The molecule has 1 aliphatic heterocycles. The van der Waals surface area contributed by atoms with Gasteiger partial charge in [0.05, 0.1) is 17.1 Å². The van der Waals surface area contributed by atoms with E-state index in [0.29, 0.717) is 28.5 Å². The van der Waals surface area contributed by atoms with Crippen molar-refractivity contribution < 1.29 is 9.59 Å². The van der Waals surface area contributed by atoms with E-state index in [9.17, 15) is 9.59 Å². The van der Waals surface area contributed by atoms with Crippen LogP contribution in [0.3, 0.4) is 0 Å². The van der Waals surface area contributed by atoms with Crippen LogP contribution in [0.5, 0.6) is 0 Å². The fourth-order valence-corrected chi connectivity index (χ4v) is 2.91. The zero-order valence-corrected chi connectivity index (χ0v) is 13.9. The Labute approximate surface area is 139 Å². The van der Waals surface area contributed by atoms with Gasteiger partial charge in [-0.3, -0.25) is 19.2 Å². The lowest BCUT2D eigenvalue weighted by Gasteiger charge is -2.23. The number of hydrogen-bond acceptors (Lipinski definition) is 3. The number of aryl methyl sites for hydroxylation is 1. The maximum absolute atomic E-state index is 12.6. The van der Waals surface area contributed by atoms with Crippen LogP contribution in [-0.4, -0.2) is 27.5 Å². The average Bonchev–Trinajstić information content (AvgIpc) is 2.79. The number of hydrogen-bond donors (Lipinski definition) is 1. The van der Waals surface area contributed by atoms with Crippen LogP contribution < -0.4 is 10.2 Å². The summed E-state index contributed by atoms with van der Waals surface area (Å²) in [5.74, 6) is -0.728. The number of rotatable bonds is 2. The van der Waals surface area contributed by atoms with Crippen molar-refractivity contribution >= 4 is 40.5 Å². The van der Waals surface area contributed by atoms with Gasteiger partial charge in [-0.05, 0) is 18.1 Å². The molecule has 0 fully saturated rings. The van der Waals surface area contributed by atoms with E-state index >= 15 is 0 Å². The van der Waals surface area contributed by atoms with Crippen molar-refractivity contribution in [1.82, 2.24) is 9.78 Å². The van der Waals surface area contributed by atoms with E-state index in [-0.39, 0.29) is 23.6 Å². The van der Waals surface area contributed by atoms with Gasteiger partial charge in [0, 0.05) is 7.05 Å². The molecule has 6 nitrogen and oxygen atoms in total.